The normalized spacial score (nSPS) is 10.2. The van der Waals surface area contributed by atoms with Crippen LogP contribution in [-0.2, 0) is 6.54 Å². The SMILES string of the molecule is Cc1nc(CNC(=O)c2ccccc2C(=O)O)no1. The van der Waals surface area contributed by atoms with Crippen LogP contribution in [0.1, 0.15) is 32.4 Å². The molecule has 0 unspecified atom stereocenters. The molecule has 1 heterocycles. The number of carboxylic acid groups (broad SMARTS) is 1. The van der Waals surface area contributed by atoms with E-state index in [2.05, 4.69) is 15.5 Å². The number of aryl methyl sites for hydroxylation is 1. The highest BCUT2D eigenvalue weighted by molar-refractivity contribution is 6.04. The number of benzene rings is 1. The van der Waals surface area contributed by atoms with Gasteiger partial charge in [-0.25, -0.2) is 4.79 Å². The summed E-state index contributed by atoms with van der Waals surface area (Å²) in [6.07, 6.45) is 0. The van der Waals surface area contributed by atoms with Gasteiger partial charge in [-0.3, -0.25) is 4.79 Å². The van der Waals surface area contributed by atoms with Crippen molar-refractivity contribution in [2.45, 2.75) is 13.5 Å². The predicted octanol–water partition coefficient (Wildman–Crippen LogP) is 1.01. The Balaban J connectivity index is 2.10. The molecule has 2 N–H and O–H groups in total. The molecule has 2 aromatic rings. The molecule has 0 fully saturated rings. The molecule has 0 radical (unpaired) electrons. The average molecular weight is 261 g/mol. The summed E-state index contributed by atoms with van der Waals surface area (Å²) < 4.78 is 4.76. The number of hydrogen-bond donors (Lipinski definition) is 2. The minimum atomic E-state index is -1.15. The quantitative estimate of drug-likeness (QED) is 0.850. The molecule has 1 aromatic carbocycles. The molecule has 2 rings (SSSR count). The first-order chi connectivity index (χ1) is 9.08. The van der Waals surface area contributed by atoms with Crippen molar-refractivity contribution in [1.29, 1.82) is 0 Å². The Morgan fingerprint density at radius 1 is 1.32 bits per heavy atom. The summed E-state index contributed by atoms with van der Waals surface area (Å²) in [6, 6.07) is 5.97. The van der Waals surface area contributed by atoms with Crippen molar-refractivity contribution in [2.75, 3.05) is 0 Å². The first-order valence-electron chi connectivity index (χ1n) is 5.47. The van der Waals surface area contributed by atoms with Gasteiger partial charge in [-0.2, -0.15) is 4.98 Å². The molecule has 0 aliphatic rings. The summed E-state index contributed by atoms with van der Waals surface area (Å²) >= 11 is 0. The molecule has 0 bridgehead atoms. The highest BCUT2D eigenvalue weighted by Crippen LogP contribution is 2.08. The molecular weight excluding hydrogens is 250 g/mol. The lowest BCUT2D eigenvalue weighted by atomic mass is 10.1. The van der Waals surface area contributed by atoms with E-state index in [-0.39, 0.29) is 17.7 Å². The van der Waals surface area contributed by atoms with E-state index in [1.165, 1.54) is 12.1 Å². The van der Waals surface area contributed by atoms with Crippen molar-refractivity contribution in [2.24, 2.45) is 0 Å². The number of carbonyl (C=O) groups is 2. The number of aromatic carboxylic acids is 1. The first-order valence-corrected chi connectivity index (χ1v) is 5.47. The Morgan fingerprint density at radius 3 is 2.58 bits per heavy atom. The van der Waals surface area contributed by atoms with E-state index in [4.69, 9.17) is 9.63 Å². The van der Waals surface area contributed by atoms with Crippen molar-refractivity contribution in [3.05, 3.63) is 47.1 Å². The summed E-state index contributed by atoms with van der Waals surface area (Å²) in [7, 11) is 0. The van der Waals surface area contributed by atoms with Crippen LogP contribution in [0, 0.1) is 6.92 Å². The molecule has 0 aliphatic carbocycles. The third-order valence-corrected chi connectivity index (χ3v) is 2.38. The van der Waals surface area contributed by atoms with Crippen LogP contribution in [0.15, 0.2) is 28.8 Å². The Bertz CT molecular complexity index is 621. The molecule has 0 saturated heterocycles. The van der Waals surface area contributed by atoms with Crippen LogP contribution in [0.3, 0.4) is 0 Å². The molecule has 7 heteroatoms. The minimum Gasteiger partial charge on any atom is -0.478 e. The van der Waals surface area contributed by atoms with Crippen molar-refractivity contribution >= 4 is 11.9 Å². The van der Waals surface area contributed by atoms with E-state index < -0.39 is 11.9 Å². The van der Waals surface area contributed by atoms with Gasteiger partial charge >= 0.3 is 5.97 Å². The van der Waals surface area contributed by atoms with Gasteiger partial charge in [0.15, 0.2) is 5.82 Å². The average Bonchev–Trinajstić information content (AvgIpc) is 2.81. The van der Waals surface area contributed by atoms with Gasteiger partial charge in [0.1, 0.15) is 0 Å². The van der Waals surface area contributed by atoms with E-state index in [0.29, 0.717) is 11.7 Å². The number of hydrogen-bond acceptors (Lipinski definition) is 5. The highest BCUT2D eigenvalue weighted by atomic mass is 16.5. The van der Waals surface area contributed by atoms with Gasteiger partial charge in [-0.15, -0.1) is 0 Å². The second-order valence-corrected chi connectivity index (χ2v) is 3.76. The summed E-state index contributed by atoms with van der Waals surface area (Å²) in [6.45, 7) is 1.71. The van der Waals surface area contributed by atoms with Crippen molar-refractivity contribution < 1.29 is 19.2 Å². The van der Waals surface area contributed by atoms with Gasteiger partial charge in [-0.05, 0) is 12.1 Å². The summed E-state index contributed by atoms with van der Waals surface area (Å²) in [5.41, 5.74) is 0.0412. The molecule has 1 amide bonds. The molecule has 98 valence electrons. The molecule has 0 saturated carbocycles. The van der Waals surface area contributed by atoms with Gasteiger partial charge in [0.05, 0.1) is 17.7 Å². The second kappa shape index (κ2) is 5.30. The Kier molecular flexibility index (Phi) is 3.56. The van der Waals surface area contributed by atoms with Gasteiger partial charge < -0.3 is 14.9 Å². The van der Waals surface area contributed by atoms with Crippen molar-refractivity contribution in [3.63, 3.8) is 0 Å². The third kappa shape index (κ3) is 2.95. The zero-order valence-electron chi connectivity index (χ0n) is 10.1. The van der Waals surface area contributed by atoms with E-state index in [9.17, 15) is 9.59 Å². The van der Waals surface area contributed by atoms with E-state index in [1.54, 1.807) is 19.1 Å². The molecule has 0 aliphatic heterocycles. The fourth-order valence-corrected chi connectivity index (χ4v) is 1.54. The Morgan fingerprint density at radius 2 is 2.00 bits per heavy atom. The standard InChI is InChI=1S/C12H11N3O4/c1-7-14-10(15-19-7)6-13-11(16)8-4-2-3-5-9(8)12(17)18/h2-5H,6H2,1H3,(H,13,16)(H,17,18). The van der Waals surface area contributed by atoms with Gasteiger partial charge in [0.2, 0.25) is 5.89 Å². The second-order valence-electron chi connectivity index (χ2n) is 3.76. The monoisotopic (exact) mass is 261 g/mol. The van der Waals surface area contributed by atoms with Crippen LogP contribution in [0.5, 0.6) is 0 Å². The fourth-order valence-electron chi connectivity index (χ4n) is 1.54. The van der Waals surface area contributed by atoms with Crippen molar-refractivity contribution in [1.82, 2.24) is 15.5 Å². The number of aromatic nitrogens is 2. The van der Waals surface area contributed by atoms with Gasteiger partial charge in [-0.1, -0.05) is 17.3 Å². The highest BCUT2D eigenvalue weighted by Gasteiger charge is 2.15. The number of nitrogens with zero attached hydrogens (tertiary/aromatic N) is 2. The zero-order valence-corrected chi connectivity index (χ0v) is 10.1. The lowest BCUT2D eigenvalue weighted by Crippen LogP contribution is -2.25. The van der Waals surface area contributed by atoms with E-state index in [1.807, 2.05) is 0 Å². The molecular formula is C12H11N3O4. The van der Waals surface area contributed by atoms with Gasteiger partial charge in [0.25, 0.3) is 5.91 Å². The maximum atomic E-state index is 11.9. The predicted molar refractivity (Wildman–Crippen MR) is 63.6 cm³/mol. The van der Waals surface area contributed by atoms with Crippen LogP contribution in [-0.4, -0.2) is 27.1 Å². The summed E-state index contributed by atoms with van der Waals surface area (Å²) in [4.78, 5) is 26.8. The summed E-state index contributed by atoms with van der Waals surface area (Å²) in [5.74, 6) is -0.921. The number of carbonyl (C=O) groups excluding carboxylic acids is 1. The van der Waals surface area contributed by atoms with Crippen LogP contribution >= 0.6 is 0 Å². The number of carboxylic acids is 1. The molecule has 7 nitrogen and oxygen atoms in total. The van der Waals surface area contributed by atoms with E-state index in [0.717, 1.165) is 0 Å². The minimum absolute atomic E-state index is 0.0516. The molecule has 1 aromatic heterocycles. The van der Waals surface area contributed by atoms with Gasteiger partial charge in [0, 0.05) is 6.92 Å². The van der Waals surface area contributed by atoms with Crippen molar-refractivity contribution in [3.8, 4) is 0 Å². The largest absolute Gasteiger partial charge is 0.478 e. The van der Waals surface area contributed by atoms with Crippen LogP contribution in [0.4, 0.5) is 0 Å². The fraction of sp³-hybridized carbons (Fsp3) is 0.167. The maximum Gasteiger partial charge on any atom is 0.336 e. The lowest BCUT2D eigenvalue weighted by molar-refractivity contribution is 0.0691. The van der Waals surface area contributed by atoms with Crippen LogP contribution in [0.2, 0.25) is 0 Å². The van der Waals surface area contributed by atoms with E-state index >= 15 is 0 Å². The van der Waals surface area contributed by atoms with Crippen LogP contribution in [0.25, 0.3) is 0 Å². The molecule has 0 spiro atoms. The Hall–Kier alpha value is -2.70. The smallest absolute Gasteiger partial charge is 0.336 e. The lowest BCUT2D eigenvalue weighted by Gasteiger charge is -2.05. The number of amides is 1. The maximum absolute atomic E-state index is 11.9. The molecule has 0 atom stereocenters. The summed E-state index contributed by atoms with van der Waals surface area (Å²) in [5, 5.41) is 15.1. The third-order valence-electron chi connectivity index (χ3n) is 2.38. The first kappa shape index (κ1) is 12.7. The topological polar surface area (TPSA) is 105 Å². The number of rotatable bonds is 4. The number of nitrogens with one attached hydrogen (secondary N) is 1. The zero-order chi connectivity index (χ0) is 13.8. The Labute approximate surface area is 108 Å². The van der Waals surface area contributed by atoms with Crippen LogP contribution < -0.4 is 5.32 Å². The molecule has 19 heavy (non-hydrogen) atoms.